The fourth-order valence-electron chi connectivity index (χ4n) is 0.720. The highest BCUT2D eigenvalue weighted by atomic mass is 15.1. The smallest absolute Gasteiger partial charge is 0.157 e. The predicted octanol–water partition coefficient (Wildman–Crippen LogP) is -1.04. The minimum atomic E-state index is 0.730. The highest BCUT2D eigenvalue weighted by Gasteiger charge is 1.86. The van der Waals surface area contributed by atoms with Gasteiger partial charge in [-0.3, -0.25) is 5.10 Å². The minimum Gasteiger partial charge on any atom is -0.261 e. The Balaban J connectivity index is 2.94. The van der Waals surface area contributed by atoms with Crippen molar-refractivity contribution in [3.63, 3.8) is 0 Å². The van der Waals surface area contributed by atoms with Gasteiger partial charge in [0.2, 0.25) is 0 Å². The molecule has 0 radical (unpaired) electrons. The van der Waals surface area contributed by atoms with Crippen molar-refractivity contribution in [2.24, 2.45) is 9.98 Å². The van der Waals surface area contributed by atoms with Gasteiger partial charge in [0.05, 0.1) is 17.6 Å². The van der Waals surface area contributed by atoms with Gasteiger partial charge >= 0.3 is 0 Å². The molecule has 1 N–H and O–H groups in total. The number of hydrogen-bond donors (Lipinski definition) is 1. The molecular formula is C6H4N4. The van der Waals surface area contributed by atoms with Crippen LogP contribution in [-0.4, -0.2) is 16.1 Å². The van der Waals surface area contributed by atoms with Crippen molar-refractivity contribution in [3.05, 3.63) is 23.1 Å². The number of H-pyrrole nitrogens is 1. The molecule has 0 amide bonds. The average molecular weight is 132 g/mol. The molecule has 1 aromatic heterocycles. The highest BCUT2D eigenvalue weighted by Crippen LogP contribution is 1.69. The molecule has 48 valence electrons. The van der Waals surface area contributed by atoms with Gasteiger partial charge in [0, 0.05) is 12.1 Å². The van der Waals surface area contributed by atoms with E-state index in [9.17, 15) is 0 Å². The zero-order valence-corrected chi connectivity index (χ0v) is 5.07. The van der Waals surface area contributed by atoms with E-state index in [1.807, 2.05) is 0 Å². The van der Waals surface area contributed by atoms with E-state index in [0.29, 0.717) is 0 Å². The van der Waals surface area contributed by atoms with Crippen LogP contribution in [-0.2, 0) is 0 Å². The van der Waals surface area contributed by atoms with Crippen LogP contribution in [0.25, 0.3) is 6.20 Å². The molecule has 2 heterocycles. The Bertz CT molecular complexity index is 371. The molecule has 0 unspecified atom stereocenters. The molecule has 10 heavy (non-hydrogen) atoms. The lowest BCUT2D eigenvalue weighted by Gasteiger charge is -1.68. The monoisotopic (exact) mass is 132 g/mol. The van der Waals surface area contributed by atoms with Crippen molar-refractivity contribution in [3.8, 4) is 0 Å². The maximum Gasteiger partial charge on any atom is 0.157 e. The van der Waals surface area contributed by atoms with Gasteiger partial charge in [-0.25, -0.2) is 9.98 Å². The van der Waals surface area contributed by atoms with Gasteiger partial charge in [0.1, 0.15) is 0 Å². The van der Waals surface area contributed by atoms with Gasteiger partial charge in [-0.05, 0) is 0 Å². The molecule has 0 spiro atoms. The summed E-state index contributed by atoms with van der Waals surface area (Å²) in [5.74, 6) is 2.61. The summed E-state index contributed by atoms with van der Waals surface area (Å²) < 4.78 is 0. The summed E-state index contributed by atoms with van der Waals surface area (Å²) in [7, 11) is 0. The molecule has 0 bridgehead atoms. The topological polar surface area (TPSA) is 53.4 Å². The van der Waals surface area contributed by atoms with Crippen molar-refractivity contribution in [1.82, 2.24) is 10.2 Å². The quantitative estimate of drug-likeness (QED) is 0.482. The first-order valence-corrected chi connectivity index (χ1v) is 2.81. The number of hydrogen-bond acceptors (Lipinski definition) is 3. The normalized spacial score (nSPS) is 13.2. The van der Waals surface area contributed by atoms with E-state index >= 15 is 0 Å². The molecule has 1 aliphatic rings. The third kappa shape index (κ3) is 0.674. The maximum absolute atomic E-state index is 3.97. The van der Waals surface area contributed by atoms with Gasteiger partial charge in [-0.1, -0.05) is 0 Å². The number of rotatable bonds is 0. The number of nitrogens with zero attached hydrogens (tertiary/aromatic N) is 3. The summed E-state index contributed by atoms with van der Waals surface area (Å²) in [6.45, 7) is 0. The lowest BCUT2D eigenvalue weighted by Crippen LogP contribution is -2.21. The third-order valence-electron chi connectivity index (χ3n) is 1.18. The number of aromatic amines is 1. The van der Waals surface area contributed by atoms with Crippen molar-refractivity contribution in [2.75, 3.05) is 0 Å². The molecule has 0 atom stereocenters. The van der Waals surface area contributed by atoms with Gasteiger partial charge in [0.25, 0.3) is 0 Å². The lowest BCUT2D eigenvalue weighted by atomic mass is 10.5. The van der Waals surface area contributed by atoms with E-state index in [1.54, 1.807) is 12.4 Å². The first-order chi connectivity index (χ1) is 4.97. The minimum absolute atomic E-state index is 0.730. The lowest BCUT2D eigenvalue weighted by molar-refractivity contribution is 1.02. The zero-order valence-electron chi connectivity index (χ0n) is 5.07. The molecule has 4 heteroatoms. The number of aromatic nitrogens is 2. The van der Waals surface area contributed by atoms with Crippen LogP contribution in [0.4, 0.5) is 0 Å². The molecule has 1 aromatic rings. The second-order valence-corrected chi connectivity index (χ2v) is 1.82. The first-order valence-electron chi connectivity index (χ1n) is 2.81. The Morgan fingerprint density at radius 1 is 1.50 bits per heavy atom. The van der Waals surface area contributed by atoms with Crippen LogP contribution < -0.4 is 10.7 Å². The summed E-state index contributed by atoms with van der Waals surface area (Å²) in [5.41, 5.74) is 0.730. The van der Waals surface area contributed by atoms with E-state index in [0.717, 1.165) is 10.7 Å². The highest BCUT2D eigenvalue weighted by molar-refractivity contribution is 5.56. The summed E-state index contributed by atoms with van der Waals surface area (Å²) in [4.78, 5) is 7.77. The summed E-state index contributed by atoms with van der Waals surface area (Å²) in [6, 6.07) is 0. The van der Waals surface area contributed by atoms with Crippen molar-refractivity contribution < 1.29 is 0 Å². The molecule has 0 saturated heterocycles. The second-order valence-electron chi connectivity index (χ2n) is 1.82. The molecule has 2 rings (SSSR count). The largest absolute Gasteiger partial charge is 0.261 e. The average Bonchev–Trinajstić information content (AvgIpc) is 2.28. The summed E-state index contributed by atoms with van der Waals surface area (Å²) >= 11 is 0. The summed E-state index contributed by atoms with van der Waals surface area (Å²) in [5, 5.41) is 7.40. The summed E-state index contributed by atoms with van der Waals surface area (Å²) in [6.07, 6.45) is 4.83. The SMILES string of the molecule is C1=CN=c2[nH]ncc2=CN=1. The van der Waals surface area contributed by atoms with Crippen LogP contribution in [0.15, 0.2) is 22.4 Å². The van der Waals surface area contributed by atoms with E-state index in [4.69, 9.17) is 0 Å². The molecule has 0 aliphatic carbocycles. The van der Waals surface area contributed by atoms with Gasteiger partial charge in [-0.2, -0.15) is 5.10 Å². The van der Waals surface area contributed by atoms with Gasteiger partial charge in [0.15, 0.2) is 5.49 Å². The van der Waals surface area contributed by atoms with Crippen LogP contribution in [0.1, 0.15) is 0 Å². The fourth-order valence-corrected chi connectivity index (χ4v) is 0.720. The van der Waals surface area contributed by atoms with Gasteiger partial charge < -0.3 is 0 Å². The van der Waals surface area contributed by atoms with Crippen LogP contribution >= 0.6 is 0 Å². The molecule has 0 fully saturated rings. The third-order valence-corrected chi connectivity index (χ3v) is 1.18. The first kappa shape index (κ1) is 5.14. The fraction of sp³-hybridized carbons (Fsp3) is 0. The van der Waals surface area contributed by atoms with Crippen molar-refractivity contribution in [2.45, 2.75) is 0 Å². The van der Waals surface area contributed by atoms with Crippen molar-refractivity contribution >= 4 is 12.1 Å². The zero-order chi connectivity index (χ0) is 6.81. The standard InChI is InChI=1S/C6H4N4/c1-2-8-6-5(3-7-1)4-9-10-6/h2-4H,(H,8,10). The van der Waals surface area contributed by atoms with E-state index in [1.165, 1.54) is 6.20 Å². The number of fused-ring (bicyclic) bond motifs is 1. The molecule has 1 aliphatic heterocycles. The van der Waals surface area contributed by atoms with Crippen LogP contribution in [0.2, 0.25) is 0 Å². The van der Waals surface area contributed by atoms with Crippen LogP contribution in [0.3, 0.4) is 0 Å². The maximum atomic E-state index is 3.97. The van der Waals surface area contributed by atoms with Crippen LogP contribution in [0, 0.1) is 0 Å². The van der Waals surface area contributed by atoms with E-state index < -0.39 is 0 Å². The van der Waals surface area contributed by atoms with Crippen LogP contribution in [0.5, 0.6) is 0 Å². The number of nitrogens with one attached hydrogen (secondary N) is 1. The predicted molar refractivity (Wildman–Crippen MR) is 35.8 cm³/mol. The molecule has 0 saturated carbocycles. The molecule has 0 aromatic carbocycles. The van der Waals surface area contributed by atoms with Gasteiger partial charge in [-0.15, -0.1) is 0 Å². The van der Waals surface area contributed by atoms with E-state index in [2.05, 4.69) is 26.1 Å². The Morgan fingerprint density at radius 3 is 3.50 bits per heavy atom. The Kier molecular flexibility index (Phi) is 0.993. The molecule has 4 nitrogen and oxygen atoms in total. The Hall–Kier alpha value is -1.67. The second kappa shape index (κ2) is 1.93. The number of aliphatic imine (C=N–C) groups is 1. The van der Waals surface area contributed by atoms with Crippen molar-refractivity contribution in [1.29, 1.82) is 0 Å². The Labute approximate surface area is 56.3 Å². The van der Waals surface area contributed by atoms with E-state index in [-0.39, 0.29) is 0 Å². The molecular weight excluding hydrogens is 128 g/mol. The Morgan fingerprint density at radius 2 is 2.50 bits per heavy atom.